The number of carbonyl (C=O) groups is 3. The number of hydrogen-bond acceptors (Lipinski definition) is 9. The van der Waals surface area contributed by atoms with E-state index < -0.39 is 11.6 Å². The molecule has 2 aliphatic rings. The number of Topliss-reactive ketones (excluding diaryl/α,β-unsaturated/α-hetero) is 1. The maximum Gasteiger partial charge on any atom is 0.339 e. The van der Waals surface area contributed by atoms with E-state index in [2.05, 4.69) is 10.1 Å². The molecular formula is C34H34N4O7. The molecule has 232 valence electrons. The molecule has 0 N–H and O–H groups in total. The summed E-state index contributed by atoms with van der Waals surface area (Å²) >= 11 is 0. The first-order chi connectivity index (χ1) is 21.7. The van der Waals surface area contributed by atoms with E-state index in [1.807, 2.05) is 26.2 Å². The van der Waals surface area contributed by atoms with Crippen LogP contribution in [-0.4, -0.2) is 76.8 Å². The minimum absolute atomic E-state index is 0.0213. The second-order valence-corrected chi connectivity index (χ2v) is 11.2. The lowest BCUT2D eigenvalue weighted by Gasteiger charge is -2.44. The minimum Gasteiger partial charge on any atom is -0.496 e. The number of likely N-dealkylation sites (tertiary alicyclic amines) is 1. The van der Waals surface area contributed by atoms with Crippen LogP contribution in [0.5, 0.6) is 17.2 Å². The van der Waals surface area contributed by atoms with E-state index in [1.54, 1.807) is 59.4 Å². The van der Waals surface area contributed by atoms with Crippen molar-refractivity contribution in [2.45, 2.75) is 31.8 Å². The average molecular weight is 611 g/mol. The molecule has 2 aromatic heterocycles. The molecule has 11 heteroatoms. The van der Waals surface area contributed by atoms with Crippen molar-refractivity contribution in [3.8, 4) is 39.5 Å². The molecule has 0 bridgehead atoms. The number of aryl methyl sites for hydroxylation is 1. The summed E-state index contributed by atoms with van der Waals surface area (Å²) in [6, 6.07) is 10.6. The van der Waals surface area contributed by atoms with E-state index in [9.17, 15) is 14.4 Å². The van der Waals surface area contributed by atoms with Crippen molar-refractivity contribution in [3.63, 3.8) is 0 Å². The number of piperidine rings is 1. The normalized spacial score (nSPS) is 15.3. The quantitative estimate of drug-likeness (QED) is 0.267. The van der Waals surface area contributed by atoms with E-state index >= 15 is 0 Å². The molecule has 1 saturated heterocycles. The number of hydrogen-bond donors (Lipinski definition) is 0. The maximum atomic E-state index is 13.7. The molecule has 1 fully saturated rings. The first-order valence-corrected chi connectivity index (χ1v) is 14.8. The van der Waals surface area contributed by atoms with Gasteiger partial charge >= 0.3 is 5.97 Å². The van der Waals surface area contributed by atoms with Crippen molar-refractivity contribution < 1.29 is 33.3 Å². The monoisotopic (exact) mass is 610 g/mol. The molecule has 1 spiro atoms. The molecule has 2 aliphatic heterocycles. The van der Waals surface area contributed by atoms with Crippen molar-refractivity contribution in [2.75, 3.05) is 33.9 Å². The summed E-state index contributed by atoms with van der Waals surface area (Å²) < 4.78 is 24.6. The van der Waals surface area contributed by atoms with E-state index in [4.69, 9.17) is 18.9 Å². The third-order valence-electron chi connectivity index (χ3n) is 8.37. The number of fused-ring (bicyclic) bond motifs is 1. The fourth-order valence-electron chi connectivity index (χ4n) is 6.06. The number of esters is 1. The Labute approximate surface area is 260 Å². The van der Waals surface area contributed by atoms with E-state index in [0.29, 0.717) is 72.0 Å². The van der Waals surface area contributed by atoms with Crippen LogP contribution < -0.4 is 14.2 Å². The zero-order valence-electron chi connectivity index (χ0n) is 25.7. The number of methoxy groups -OCH3 is 2. The Morgan fingerprint density at radius 3 is 2.42 bits per heavy atom. The van der Waals surface area contributed by atoms with Crippen molar-refractivity contribution in [1.82, 2.24) is 19.7 Å². The van der Waals surface area contributed by atoms with Crippen LogP contribution in [0.15, 0.2) is 61.2 Å². The van der Waals surface area contributed by atoms with Crippen LogP contribution >= 0.6 is 0 Å². The summed E-state index contributed by atoms with van der Waals surface area (Å²) in [5, 5.41) is 4.27. The number of aromatic nitrogens is 3. The van der Waals surface area contributed by atoms with Gasteiger partial charge in [-0.2, -0.15) is 5.10 Å². The van der Waals surface area contributed by atoms with Gasteiger partial charge < -0.3 is 23.8 Å². The summed E-state index contributed by atoms with van der Waals surface area (Å²) in [7, 11) is 4.72. The molecule has 45 heavy (non-hydrogen) atoms. The van der Waals surface area contributed by atoms with Crippen LogP contribution in [0, 0.1) is 0 Å². The van der Waals surface area contributed by atoms with Gasteiger partial charge in [0, 0.05) is 68.3 Å². The molecule has 6 rings (SSSR count). The molecule has 11 nitrogen and oxygen atoms in total. The van der Waals surface area contributed by atoms with Gasteiger partial charge in [-0.1, -0.05) is 6.07 Å². The fourth-order valence-corrected chi connectivity index (χ4v) is 6.06. The van der Waals surface area contributed by atoms with Crippen molar-refractivity contribution in [3.05, 3.63) is 77.9 Å². The Balaban J connectivity index is 1.19. The van der Waals surface area contributed by atoms with Crippen molar-refractivity contribution in [2.24, 2.45) is 7.05 Å². The summed E-state index contributed by atoms with van der Waals surface area (Å²) in [5.41, 5.74) is 3.60. The number of ether oxygens (including phenoxy) is 4. The number of pyridine rings is 1. The Hall–Kier alpha value is -5.19. The molecular weight excluding hydrogens is 576 g/mol. The van der Waals surface area contributed by atoms with Crippen LogP contribution in [0.2, 0.25) is 0 Å². The Morgan fingerprint density at radius 1 is 0.956 bits per heavy atom. The number of carbonyl (C=O) groups excluding carboxylic acids is 3. The van der Waals surface area contributed by atoms with Gasteiger partial charge in [0.1, 0.15) is 22.8 Å². The zero-order chi connectivity index (χ0) is 31.7. The van der Waals surface area contributed by atoms with Crippen LogP contribution in [0.4, 0.5) is 0 Å². The smallest absolute Gasteiger partial charge is 0.339 e. The SMILES string of the molecule is CCOc1cc(C(=O)N2CCC3(CC2)CC(=O)c2cc(-c4cncc(C(=O)OC)c4)ccc2O3)cc(OC)c1-c1cnn(C)c1. The third kappa shape index (κ3) is 5.73. The Morgan fingerprint density at radius 2 is 1.73 bits per heavy atom. The van der Waals surface area contributed by atoms with Gasteiger partial charge in [-0.25, -0.2) is 4.79 Å². The Kier molecular flexibility index (Phi) is 8.01. The van der Waals surface area contributed by atoms with Crippen LogP contribution in [0.3, 0.4) is 0 Å². The first-order valence-electron chi connectivity index (χ1n) is 14.8. The van der Waals surface area contributed by atoms with Crippen molar-refractivity contribution >= 4 is 17.7 Å². The Bertz CT molecular complexity index is 1790. The average Bonchev–Trinajstić information content (AvgIpc) is 3.49. The number of nitrogens with zero attached hydrogens (tertiary/aromatic N) is 4. The van der Waals surface area contributed by atoms with Gasteiger partial charge in [-0.15, -0.1) is 0 Å². The predicted molar refractivity (Wildman–Crippen MR) is 165 cm³/mol. The third-order valence-corrected chi connectivity index (χ3v) is 8.37. The van der Waals surface area contributed by atoms with Crippen LogP contribution in [0.25, 0.3) is 22.3 Å². The van der Waals surface area contributed by atoms with Gasteiger partial charge in [0.05, 0.1) is 50.1 Å². The molecule has 2 aromatic carbocycles. The summed E-state index contributed by atoms with van der Waals surface area (Å²) in [5.74, 6) is 0.944. The van der Waals surface area contributed by atoms with Crippen LogP contribution in [-0.2, 0) is 11.8 Å². The second-order valence-electron chi connectivity index (χ2n) is 11.2. The number of rotatable bonds is 7. The van der Waals surface area contributed by atoms with Gasteiger partial charge in [-0.3, -0.25) is 19.3 Å². The molecule has 4 aromatic rings. The number of benzene rings is 2. The van der Waals surface area contributed by atoms with Crippen molar-refractivity contribution in [1.29, 1.82) is 0 Å². The zero-order valence-corrected chi connectivity index (χ0v) is 25.7. The van der Waals surface area contributed by atoms with E-state index in [1.165, 1.54) is 13.3 Å². The molecule has 1 amide bonds. The summed E-state index contributed by atoms with van der Waals surface area (Å²) in [6.07, 6.45) is 7.92. The van der Waals surface area contributed by atoms with Gasteiger partial charge in [0.2, 0.25) is 0 Å². The molecule has 0 radical (unpaired) electrons. The lowest BCUT2D eigenvalue weighted by atomic mass is 9.82. The number of ketones is 1. The lowest BCUT2D eigenvalue weighted by Crippen LogP contribution is -2.52. The van der Waals surface area contributed by atoms with Gasteiger partial charge in [0.15, 0.2) is 5.78 Å². The second kappa shape index (κ2) is 12.1. The molecule has 0 atom stereocenters. The minimum atomic E-state index is -0.687. The molecule has 0 saturated carbocycles. The highest BCUT2D eigenvalue weighted by molar-refractivity contribution is 6.02. The van der Waals surface area contributed by atoms with E-state index in [-0.39, 0.29) is 18.1 Å². The number of amides is 1. The maximum absolute atomic E-state index is 13.7. The van der Waals surface area contributed by atoms with Gasteiger partial charge in [0.25, 0.3) is 5.91 Å². The van der Waals surface area contributed by atoms with Crippen LogP contribution in [0.1, 0.15) is 57.3 Å². The standard InChI is InChI=1S/C34H34N4O7/c1-5-44-30-15-22(14-29(42-3)31(30)25-19-36-37(2)20-25)32(40)38-10-8-34(9-11-38)16-27(39)26-13-21(6-7-28(26)45-34)23-12-24(18-35-17-23)33(41)43-4/h6-7,12-15,17-20H,5,8-11,16H2,1-4H3. The highest BCUT2D eigenvalue weighted by Gasteiger charge is 2.44. The summed E-state index contributed by atoms with van der Waals surface area (Å²) in [6.45, 7) is 3.18. The summed E-state index contributed by atoms with van der Waals surface area (Å²) in [4.78, 5) is 45.1. The fraction of sp³-hybridized carbons (Fsp3) is 0.324. The molecule has 4 heterocycles. The largest absolute Gasteiger partial charge is 0.496 e. The lowest BCUT2D eigenvalue weighted by molar-refractivity contribution is -0.00573. The predicted octanol–water partition coefficient (Wildman–Crippen LogP) is 4.98. The topological polar surface area (TPSA) is 122 Å². The molecule has 0 aliphatic carbocycles. The highest BCUT2D eigenvalue weighted by Crippen LogP contribution is 2.43. The van der Waals surface area contributed by atoms with Gasteiger partial charge in [-0.05, 0) is 42.8 Å². The van der Waals surface area contributed by atoms with E-state index in [0.717, 1.165) is 16.7 Å². The highest BCUT2D eigenvalue weighted by atomic mass is 16.5. The first kappa shape index (κ1) is 29.9. The molecule has 0 unspecified atom stereocenters.